The maximum Gasteiger partial charge on any atom is 0.261 e. The number of para-hydroxylation sites is 1. The van der Waals surface area contributed by atoms with E-state index in [9.17, 15) is 9.59 Å². The summed E-state index contributed by atoms with van der Waals surface area (Å²) >= 11 is 0. The number of aryl methyl sites for hydroxylation is 1. The van der Waals surface area contributed by atoms with Crippen molar-refractivity contribution in [2.24, 2.45) is 0 Å². The topological polar surface area (TPSA) is 67.2 Å². The molecular formula is C20H22N4O2. The fraction of sp³-hybridized carbons (Fsp3) is 0.250. The first-order chi connectivity index (χ1) is 12.4. The number of nitrogens with one attached hydrogen (secondary N) is 1. The van der Waals surface area contributed by atoms with Crippen LogP contribution in [0.25, 0.3) is 10.9 Å². The molecule has 0 saturated heterocycles. The summed E-state index contributed by atoms with van der Waals surface area (Å²) in [4.78, 5) is 31.3. The third-order valence-corrected chi connectivity index (χ3v) is 4.08. The van der Waals surface area contributed by atoms with E-state index < -0.39 is 0 Å². The van der Waals surface area contributed by atoms with Gasteiger partial charge in [-0.15, -0.1) is 0 Å². The molecule has 1 N–H and O–H groups in total. The van der Waals surface area contributed by atoms with Crippen LogP contribution in [0.5, 0.6) is 0 Å². The molecule has 1 heterocycles. The summed E-state index contributed by atoms with van der Waals surface area (Å²) in [6.07, 6.45) is 1.43. The Balaban J connectivity index is 1.77. The Morgan fingerprint density at radius 1 is 1.19 bits per heavy atom. The SMILES string of the molecule is Cc1cccc2c(=O)n(CC(=O)Nc3cccc(CN(C)C)c3)cnc12. The number of rotatable bonds is 5. The first-order valence-electron chi connectivity index (χ1n) is 8.42. The van der Waals surface area contributed by atoms with Gasteiger partial charge in [-0.3, -0.25) is 14.2 Å². The molecule has 0 aliphatic heterocycles. The molecule has 1 aromatic heterocycles. The summed E-state index contributed by atoms with van der Waals surface area (Å²) in [5, 5.41) is 3.37. The van der Waals surface area contributed by atoms with Crippen molar-refractivity contribution < 1.29 is 4.79 Å². The molecule has 3 aromatic rings. The Bertz CT molecular complexity index is 1010. The molecule has 0 aliphatic carbocycles. The average Bonchev–Trinajstić information content (AvgIpc) is 2.57. The Kier molecular flexibility index (Phi) is 5.14. The summed E-state index contributed by atoms with van der Waals surface area (Å²) in [6, 6.07) is 13.1. The van der Waals surface area contributed by atoms with E-state index in [2.05, 4.69) is 15.2 Å². The number of hydrogen-bond donors (Lipinski definition) is 1. The molecule has 0 spiro atoms. The van der Waals surface area contributed by atoms with Crippen molar-refractivity contribution in [1.82, 2.24) is 14.5 Å². The minimum Gasteiger partial charge on any atom is -0.325 e. The lowest BCUT2D eigenvalue weighted by atomic mass is 10.1. The van der Waals surface area contributed by atoms with Gasteiger partial charge in [-0.2, -0.15) is 0 Å². The standard InChI is InChI=1S/C20H22N4O2/c1-14-6-4-9-17-19(14)21-13-24(20(17)26)12-18(25)22-16-8-5-7-15(10-16)11-23(2)3/h4-10,13H,11-12H2,1-3H3,(H,22,25). The van der Waals surface area contributed by atoms with Crippen LogP contribution in [0, 0.1) is 6.92 Å². The third kappa shape index (κ3) is 3.97. The lowest BCUT2D eigenvalue weighted by Crippen LogP contribution is -2.28. The molecule has 6 heteroatoms. The van der Waals surface area contributed by atoms with Crippen LogP contribution in [0.15, 0.2) is 53.6 Å². The highest BCUT2D eigenvalue weighted by molar-refractivity contribution is 5.91. The van der Waals surface area contributed by atoms with Crippen LogP contribution in [0.4, 0.5) is 5.69 Å². The maximum absolute atomic E-state index is 12.6. The summed E-state index contributed by atoms with van der Waals surface area (Å²) in [5.74, 6) is -0.261. The van der Waals surface area contributed by atoms with Crippen molar-refractivity contribution in [3.05, 3.63) is 70.3 Å². The molecule has 0 radical (unpaired) electrons. The smallest absolute Gasteiger partial charge is 0.261 e. The summed E-state index contributed by atoms with van der Waals surface area (Å²) < 4.78 is 1.33. The van der Waals surface area contributed by atoms with Gasteiger partial charge in [0.1, 0.15) is 6.54 Å². The zero-order chi connectivity index (χ0) is 18.7. The van der Waals surface area contributed by atoms with Crippen LogP contribution in [0.3, 0.4) is 0 Å². The fourth-order valence-electron chi connectivity index (χ4n) is 2.92. The van der Waals surface area contributed by atoms with Crippen LogP contribution >= 0.6 is 0 Å². The quantitative estimate of drug-likeness (QED) is 0.767. The maximum atomic E-state index is 12.6. The third-order valence-electron chi connectivity index (χ3n) is 4.08. The predicted molar refractivity (Wildman–Crippen MR) is 103 cm³/mol. The average molecular weight is 350 g/mol. The van der Waals surface area contributed by atoms with Gasteiger partial charge in [0.15, 0.2) is 0 Å². The highest BCUT2D eigenvalue weighted by Crippen LogP contribution is 2.13. The normalized spacial score (nSPS) is 11.1. The Morgan fingerprint density at radius 2 is 1.96 bits per heavy atom. The number of anilines is 1. The molecule has 0 fully saturated rings. The van der Waals surface area contributed by atoms with E-state index in [0.717, 1.165) is 17.7 Å². The zero-order valence-corrected chi connectivity index (χ0v) is 15.2. The number of amides is 1. The van der Waals surface area contributed by atoms with Crippen molar-refractivity contribution >= 4 is 22.5 Å². The van der Waals surface area contributed by atoms with Crippen molar-refractivity contribution in [3.63, 3.8) is 0 Å². The van der Waals surface area contributed by atoms with Crippen molar-refractivity contribution in [1.29, 1.82) is 0 Å². The van der Waals surface area contributed by atoms with Crippen LogP contribution in [-0.4, -0.2) is 34.5 Å². The van der Waals surface area contributed by atoms with Gasteiger partial charge < -0.3 is 10.2 Å². The van der Waals surface area contributed by atoms with E-state index in [-0.39, 0.29) is 18.0 Å². The highest BCUT2D eigenvalue weighted by atomic mass is 16.2. The lowest BCUT2D eigenvalue weighted by Gasteiger charge is -2.12. The second-order valence-corrected chi connectivity index (χ2v) is 6.64. The number of fused-ring (bicyclic) bond motifs is 1. The van der Waals surface area contributed by atoms with E-state index in [1.807, 2.05) is 57.4 Å². The van der Waals surface area contributed by atoms with Gasteiger partial charge >= 0.3 is 0 Å². The predicted octanol–water partition coefficient (Wildman–Crippen LogP) is 2.41. The summed E-state index contributed by atoms with van der Waals surface area (Å²) in [5.41, 5.74) is 3.22. The van der Waals surface area contributed by atoms with E-state index in [4.69, 9.17) is 0 Å². The van der Waals surface area contributed by atoms with Crippen molar-refractivity contribution in [3.8, 4) is 0 Å². The van der Waals surface area contributed by atoms with Crippen molar-refractivity contribution in [2.45, 2.75) is 20.0 Å². The monoisotopic (exact) mass is 350 g/mol. The van der Waals surface area contributed by atoms with Gasteiger partial charge in [0, 0.05) is 12.2 Å². The number of carbonyl (C=O) groups is 1. The molecule has 0 atom stereocenters. The van der Waals surface area contributed by atoms with Crippen LogP contribution in [-0.2, 0) is 17.9 Å². The second kappa shape index (κ2) is 7.49. The van der Waals surface area contributed by atoms with Gasteiger partial charge in [0.05, 0.1) is 17.2 Å². The van der Waals surface area contributed by atoms with E-state index in [1.165, 1.54) is 10.9 Å². The highest BCUT2D eigenvalue weighted by Gasteiger charge is 2.10. The second-order valence-electron chi connectivity index (χ2n) is 6.64. The summed E-state index contributed by atoms with van der Waals surface area (Å²) in [7, 11) is 3.98. The number of hydrogen-bond acceptors (Lipinski definition) is 4. The van der Waals surface area contributed by atoms with E-state index >= 15 is 0 Å². The first-order valence-corrected chi connectivity index (χ1v) is 8.42. The zero-order valence-electron chi connectivity index (χ0n) is 15.2. The molecule has 0 aliphatic rings. The number of nitrogens with zero attached hydrogens (tertiary/aromatic N) is 3. The molecule has 2 aromatic carbocycles. The molecule has 0 unspecified atom stereocenters. The lowest BCUT2D eigenvalue weighted by molar-refractivity contribution is -0.116. The van der Waals surface area contributed by atoms with Crippen LogP contribution in [0.2, 0.25) is 0 Å². The fourth-order valence-corrected chi connectivity index (χ4v) is 2.92. The minimum absolute atomic E-state index is 0.0758. The molecule has 6 nitrogen and oxygen atoms in total. The summed E-state index contributed by atoms with van der Waals surface area (Å²) in [6.45, 7) is 2.62. The number of benzene rings is 2. The molecule has 0 saturated carbocycles. The van der Waals surface area contributed by atoms with Crippen molar-refractivity contribution in [2.75, 3.05) is 19.4 Å². The van der Waals surface area contributed by atoms with Gasteiger partial charge in [-0.1, -0.05) is 24.3 Å². The van der Waals surface area contributed by atoms with Gasteiger partial charge in [0.25, 0.3) is 5.56 Å². The molecule has 134 valence electrons. The largest absolute Gasteiger partial charge is 0.325 e. The molecule has 1 amide bonds. The van der Waals surface area contributed by atoms with Gasteiger partial charge in [-0.05, 0) is 50.3 Å². The van der Waals surface area contributed by atoms with E-state index in [1.54, 1.807) is 6.07 Å². The van der Waals surface area contributed by atoms with Crippen LogP contribution < -0.4 is 10.9 Å². The molecular weight excluding hydrogens is 328 g/mol. The Labute approximate surface area is 152 Å². The number of carbonyl (C=O) groups excluding carboxylic acids is 1. The van der Waals surface area contributed by atoms with Gasteiger partial charge in [0.2, 0.25) is 5.91 Å². The first kappa shape index (κ1) is 17.8. The Morgan fingerprint density at radius 3 is 2.73 bits per heavy atom. The van der Waals surface area contributed by atoms with E-state index in [0.29, 0.717) is 16.6 Å². The molecule has 0 bridgehead atoms. The van der Waals surface area contributed by atoms with Crippen LogP contribution in [0.1, 0.15) is 11.1 Å². The minimum atomic E-state index is -0.261. The molecule has 3 rings (SSSR count). The van der Waals surface area contributed by atoms with Gasteiger partial charge in [-0.25, -0.2) is 4.98 Å². The molecule has 26 heavy (non-hydrogen) atoms. The number of aromatic nitrogens is 2. The Hall–Kier alpha value is -2.99.